The minimum Gasteiger partial charge on any atom is -0.478 e. The summed E-state index contributed by atoms with van der Waals surface area (Å²) in [6.45, 7) is 3.52. The second-order valence-corrected chi connectivity index (χ2v) is 10.8. The zero-order chi connectivity index (χ0) is 31.4. The van der Waals surface area contributed by atoms with Crippen LogP contribution in [0.15, 0.2) is 85.5 Å². The van der Waals surface area contributed by atoms with Crippen LogP contribution >= 0.6 is 0 Å². The van der Waals surface area contributed by atoms with Crippen LogP contribution in [0.4, 0.5) is 8.78 Å². The highest BCUT2D eigenvalue weighted by Crippen LogP contribution is 2.30. The van der Waals surface area contributed by atoms with Crippen LogP contribution in [0.1, 0.15) is 33.5 Å². The zero-order valence-corrected chi connectivity index (χ0v) is 23.9. The zero-order valence-electron chi connectivity index (χ0n) is 23.9. The van der Waals surface area contributed by atoms with Crippen molar-refractivity contribution in [1.29, 1.82) is 0 Å². The summed E-state index contributed by atoms with van der Waals surface area (Å²) < 4.78 is 28.4. The Morgan fingerprint density at radius 1 is 0.977 bits per heavy atom. The van der Waals surface area contributed by atoms with Gasteiger partial charge in [-0.1, -0.05) is 54.6 Å². The van der Waals surface area contributed by atoms with E-state index in [0.717, 1.165) is 17.7 Å². The summed E-state index contributed by atoms with van der Waals surface area (Å²) in [4.78, 5) is 55.7. The average Bonchev–Trinajstić information content (AvgIpc) is 3.00. The number of nitrogens with zero attached hydrogens (tertiary/aromatic N) is 4. The van der Waals surface area contributed by atoms with Crippen LogP contribution < -0.4 is 0 Å². The number of benzene rings is 3. The highest BCUT2D eigenvalue weighted by Gasteiger charge is 2.51. The summed E-state index contributed by atoms with van der Waals surface area (Å²) in [5, 5.41) is 12.4. The number of carboxylic acid groups (broad SMARTS) is 1. The molecule has 3 amide bonds. The number of fused-ring (bicyclic) bond motifs is 1. The van der Waals surface area contributed by atoms with E-state index in [9.17, 15) is 33.1 Å². The predicted octanol–water partition coefficient (Wildman–Crippen LogP) is 3.65. The molecule has 5 rings (SSSR count). The number of aryl methyl sites for hydroxylation is 1. The van der Waals surface area contributed by atoms with E-state index in [1.165, 1.54) is 33.0 Å². The molecule has 2 fully saturated rings. The summed E-state index contributed by atoms with van der Waals surface area (Å²) >= 11 is 0. The van der Waals surface area contributed by atoms with Crippen LogP contribution in [0.2, 0.25) is 0 Å². The van der Waals surface area contributed by atoms with Gasteiger partial charge in [0.25, 0.3) is 0 Å². The van der Waals surface area contributed by atoms with Gasteiger partial charge < -0.3 is 14.9 Å². The van der Waals surface area contributed by atoms with Gasteiger partial charge in [-0.3, -0.25) is 14.4 Å². The Morgan fingerprint density at radius 2 is 1.70 bits per heavy atom. The Kier molecular flexibility index (Phi) is 9.15. The van der Waals surface area contributed by atoms with Crippen LogP contribution in [0.25, 0.3) is 0 Å². The topological polar surface area (TPSA) is 101 Å². The van der Waals surface area contributed by atoms with Crippen molar-refractivity contribution in [2.45, 2.75) is 38.0 Å². The van der Waals surface area contributed by atoms with Gasteiger partial charge in [-0.25, -0.2) is 23.6 Å². The number of halogens is 2. The summed E-state index contributed by atoms with van der Waals surface area (Å²) in [6.07, 6.45) is 1.32. The van der Waals surface area contributed by atoms with E-state index in [0.29, 0.717) is 12.0 Å². The monoisotopic (exact) mass is 602 g/mol. The lowest BCUT2D eigenvalue weighted by Crippen LogP contribution is -2.75. The normalized spacial score (nSPS) is 18.7. The van der Waals surface area contributed by atoms with Gasteiger partial charge in [0.1, 0.15) is 23.8 Å². The molecule has 2 heterocycles. The number of hydrogen-bond acceptors (Lipinski definition) is 5. The first kappa shape index (κ1) is 30.6. The number of piperazine rings is 1. The second-order valence-electron chi connectivity index (χ2n) is 10.8. The molecule has 0 bridgehead atoms. The van der Waals surface area contributed by atoms with Crippen LogP contribution in [0.5, 0.6) is 0 Å². The molecule has 2 aliphatic heterocycles. The van der Waals surface area contributed by atoms with E-state index in [4.69, 9.17) is 0 Å². The number of aromatic carboxylic acids is 1. The fourth-order valence-electron chi connectivity index (χ4n) is 5.78. The first-order valence-electron chi connectivity index (χ1n) is 14.2. The summed E-state index contributed by atoms with van der Waals surface area (Å²) in [5.74, 6) is -3.75. The molecular weight excluding hydrogens is 570 g/mol. The van der Waals surface area contributed by atoms with Gasteiger partial charge in [0, 0.05) is 37.6 Å². The highest BCUT2D eigenvalue weighted by atomic mass is 19.1. The fourth-order valence-corrected chi connectivity index (χ4v) is 5.78. The van der Waals surface area contributed by atoms with Gasteiger partial charge in [-0.15, -0.1) is 6.58 Å². The van der Waals surface area contributed by atoms with Crippen molar-refractivity contribution >= 4 is 23.7 Å². The maximum atomic E-state index is 14.7. The number of carbonyl (C=O) groups is 4. The van der Waals surface area contributed by atoms with Crippen molar-refractivity contribution in [3.63, 3.8) is 0 Å². The molecule has 1 N–H and O–H groups in total. The average molecular weight is 603 g/mol. The van der Waals surface area contributed by atoms with E-state index in [2.05, 4.69) is 6.58 Å². The second kappa shape index (κ2) is 13.2. The van der Waals surface area contributed by atoms with Crippen LogP contribution in [0.3, 0.4) is 0 Å². The molecule has 0 aromatic heterocycles. The molecule has 9 nitrogen and oxygen atoms in total. The number of carbonyl (C=O) groups excluding carboxylic acids is 3. The van der Waals surface area contributed by atoms with Crippen molar-refractivity contribution in [3.05, 3.63) is 119 Å². The summed E-state index contributed by atoms with van der Waals surface area (Å²) in [7, 11) is 0. The smallest absolute Gasteiger partial charge is 0.335 e. The standard InChI is InChI=1S/C33H32F2N4O5/c1-2-16-37-21-31(41)38-28(17-23-8-11-24(12-9-23)33(43)44)32(42)36(19-25-13-14-26(34)18-27(25)35)20-29(38)39(37)30(40)15-10-22-6-4-3-5-7-22/h2-9,11-14,18,28-29H,1,10,15-17,19-21H2,(H,43,44)/t28-,29-/m0/s1. The Balaban J connectivity index is 1.51. The predicted molar refractivity (Wildman–Crippen MR) is 157 cm³/mol. The molecule has 3 aromatic carbocycles. The van der Waals surface area contributed by atoms with Gasteiger partial charge in [-0.05, 0) is 35.7 Å². The van der Waals surface area contributed by atoms with E-state index < -0.39 is 35.7 Å². The molecule has 11 heteroatoms. The highest BCUT2D eigenvalue weighted by molar-refractivity contribution is 5.92. The number of amides is 3. The van der Waals surface area contributed by atoms with Crippen molar-refractivity contribution in [2.75, 3.05) is 19.6 Å². The van der Waals surface area contributed by atoms with Gasteiger partial charge in [0.2, 0.25) is 17.7 Å². The minimum absolute atomic E-state index is 0.0386. The van der Waals surface area contributed by atoms with Crippen LogP contribution in [-0.4, -0.2) is 80.5 Å². The molecule has 0 saturated carbocycles. The molecule has 0 spiro atoms. The molecular formula is C33H32F2N4O5. The van der Waals surface area contributed by atoms with E-state index >= 15 is 0 Å². The van der Waals surface area contributed by atoms with Crippen molar-refractivity contribution in [2.24, 2.45) is 0 Å². The van der Waals surface area contributed by atoms with Gasteiger partial charge in [0.15, 0.2) is 0 Å². The molecule has 2 saturated heterocycles. The van der Waals surface area contributed by atoms with Crippen molar-refractivity contribution < 1.29 is 33.1 Å². The third-order valence-electron chi connectivity index (χ3n) is 7.90. The maximum Gasteiger partial charge on any atom is 0.335 e. The molecule has 2 atom stereocenters. The van der Waals surface area contributed by atoms with Crippen molar-refractivity contribution in [1.82, 2.24) is 19.8 Å². The molecule has 0 radical (unpaired) electrons. The lowest BCUT2D eigenvalue weighted by atomic mass is 9.97. The lowest BCUT2D eigenvalue weighted by Gasteiger charge is -2.55. The number of hydrazine groups is 1. The SMILES string of the molecule is C=CCN1CC(=O)N2[C@@H](Cc3ccc(C(=O)O)cc3)C(=O)N(Cc3ccc(F)cc3F)C[C@@H]2N1C(=O)CCc1ccccc1. The summed E-state index contributed by atoms with van der Waals surface area (Å²) in [6, 6.07) is 17.5. The summed E-state index contributed by atoms with van der Waals surface area (Å²) in [5.41, 5.74) is 1.73. The molecule has 44 heavy (non-hydrogen) atoms. The Bertz CT molecular complexity index is 1570. The number of carboxylic acids is 1. The first-order valence-corrected chi connectivity index (χ1v) is 14.2. The molecule has 228 valence electrons. The largest absolute Gasteiger partial charge is 0.478 e. The molecule has 0 unspecified atom stereocenters. The van der Waals surface area contributed by atoms with E-state index in [1.807, 2.05) is 30.3 Å². The van der Waals surface area contributed by atoms with Gasteiger partial charge in [-0.2, -0.15) is 0 Å². The quantitative estimate of drug-likeness (QED) is 0.356. The fraction of sp³-hybridized carbons (Fsp3) is 0.273. The van der Waals surface area contributed by atoms with Gasteiger partial charge >= 0.3 is 5.97 Å². The molecule has 0 aliphatic carbocycles. The first-order chi connectivity index (χ1) is 21.2. The maximum absolute atomic E-state index is 14.7. The minimum atomic E-state index is -1.10. The Labute approximate surface area is 253 Å². The van der Waals surface area contributed by atoms with Crippen molar-refractivity contribution in [3.8, 4) is 0 Å². The molecule has 3 aromatic rings. The third-order valence-corrected chi connectivity index (χ3v) is 7.90. The Morgan fingerprint density at radius 3 is 2.36 bits per heavy atom. The van der Waals surface area contributed by atoms with Crippen LogP contribution in [-0.2, 0) is 33.8 Å². The van der Waals surface area contributed by atoms with Crippen LogP contribution in [0, 0.1) is 11.6 Å². The number of hydrogen-bond donors (Lipinski definition) is 1. The lowest BCUT2D eigenvalue weighted by molar-refractivity contribution is -0.205. The Hall–Kier alpha value is -4.90. The third kappa shape index (κ3) is 6.52. The number of rotatable bonds is 10. The van der Waals surface area contributed by atoms with Gasteiger partial charge in [0.05, 0.1) is 18.7 Å². The van der Waals surface area contributed by atoms with E-state index in [1.54, 1.807) is 23.2 Å². The molecule has 2 aliphatic rings. The van der Waals surface area contributed by atoms with E-state index in [-0.39, 0.29) is 62.0 Å².